The molecule has 1 saturated heterocycles. The molecule has 1 aliphatic rings. The van der Waals surface area contributed by atoms with Crippen molar-refractivity contribution in [1.29, 1.82) is 0 Å². The maximum atomic E-state index is 6.03. The second-order valence-electron chi connectivity index (χ2n) is 4.70. The molecule has 19 heavy (non-hydrogen) atoms. The van der Waals surface area contributed by atoms with Gasteiger partial charge in [0.15, 0.2) is 5.82 Å². The van der Waals surface area contributed by atoms with E-state index in [1.54, 1.807) is 0 Å². The zero-order valence-electron chi connectivity index (χ0n) is 10.8. The summed E-state index contributed by atoms with van der Waals surface area (Å²) in [6.07, 6.45) is 0. The molecular weight excluding hydrogens is 262 g/mol. The van der Waals surface area contributed by atoms with Gasteiger partial charge in [-0.2, -0.15) is 0 Å². The zero-order valence-corrected chi connectivity index (χ0v) is 11.6. The van der Waals surface area contributed by atoms with E-state index < -0.39 is 0 Å². The van der Waals surface area contributed by atoms with Crippen LogP contribution in [0.1, 0.15) is 5.69 Å². The van der Waals surface area contributed by atoms with Crippen LogP contribution in [0, 0.1) is 6.92 Å². The number of hydrogen-bond acceptors (Lipinski definition) is 4. The molecule has 1 aliphatic heterocycles. The van der Waals surface area contributed by atoms with E-state index in [1.807, 2.05) is 31.2 Å². The fourth-order valence-corrected chi connectivity index (χ4v) is 2.67. The molecule has 5 heteroatoms. The van der Waals surface area contributed by atoms with Crippen LogP contribution in [0.5, 0.6) is 0 Å². The molecule has 1 aromatic carbocycles. The van der Waals surface area contributed by atoms with Crippen LogP contribution in [0.3, 0.4) is 0 Å². The summed E-state index contributed by atoms with van der Waals surface area (Å²) in [5.74, 6) is 1.46. The van der Waals surface area contributed by atoms with Crippen molar-refractivity contribution in [3.05, 3.63) is 30.0 Å². The summed E-state index contributed by atoms with van der Waals surface area (Å²) in [5.41, 5.74) is 2.79. The Morgan fingerprint density at radius 3 is 2.79 bits per heavy atom. The summed E-state index contributed by atoms with van der Waals surface area (Å²) in [6, 6.07) is 8.10. The minimum atomic E-state index is 0.171. The lowest BCUT2D eigenvalue weighted by molar-refractivity contribution is 0.0993. The van der Waals surface area contributed by atoms with Gasteiger partial charge in [0.2, 0.25) is 0 Å². The Balaban J connectivity index is 2.05. The second-order valence-corrected chi connectivity index (χ2v) is 5.01. The summed E-state index contributed by atoms with van der Waals surface area (Å²) < 4.78 is 5.48. The number of ether oxygens (including phenoxy) is 1. The van der Waals surface area contributed by atoms with Gasteiger partial charge in [-0.3, -0.25) is 0 Å². The van der Waals surface area contributed by atoms with Crippen LogP contribution in [0.25, 0.3) is 11.0 Å². The van der Waals surface area contributed by atoms with Crippen molar-refractivity contribution in [3.8, 4) is 0 Å². The quantitative estimate of drug-likeness (QED) is 0.790. The Kier molecular flexibility index (Phi) is 3.53. The van der Waals surface area contributed by atoms with E-state index in [4.69, 9.17) is 21.3 Å². The molecule has 0 amide bonds. The second kappa shape index (κ2) is 5.31. The minimum Gasteiger partial charge on any atom is -0.377 e. The van der Waals surface area contributed by atoms with Crippen molar-refractivity contribution in [1.82, 2.24) is 9.97 Å². The molecule has 2 heterocycles. The van der Waals surface area contributed by atoms with Crippen molar-refractivity contribution < 1.29 is 4.74 Å². The number of rotatable bonds is 2. The van der Waals surface area contributed by atoms with E-state index in [2.05, 4.69) is 9.88 Å². The van der Waals surface area contributed by atoms with Crippen LogP contribution in [0.2, 0.25) is 0 Å². The van der Waals surface area contributed by atoms with Gasteiger partial charge in [0, 0.05) is 12.4 Å². The summed E-state index contributed by atoms with van der Waals surface area (Å²) in [7, 11) is 0. The van der Waals surface area contributed by atoms with Gasteiger partial charge in [0.1, 0.15) is 0 Å². The lowest BCUT2D eigenvalue weighted by atomic mass is 10.2. The highest BCUT2D eigenvalue weighted by Crippen LogP contribution is 2.23. The molecule has 1 fully saturated rings. The van der Waals surface area contributed by atoms with E-state index in [-0.39, 0.29) is 6.04 Å². The lowest BCUT2D eigenvalue weighted by Crippen LogP contribution is -2.47. The molecule has 0 spiro atoms. The Bertz CT molecular complexity index is 590. The highest BCUT2D eigenvalue weighted by atomic mass is 35.5. The number of para-hydroxylation sites is 2. The first kappa shape index (κ1) is 12.6. The fourth-order valence-electron chi connectivity index (χ4n) is 2.41. The first-order chi connectivity index (χ1) is 9.29. The SMILES string of the molecule is Cc1nc2ccccc2nc1N1CCOCC1CCl. The number of fused-ring (bicyclic) bond motifs is 1. The maximum absolute atomic E-state index is 6.03. The van der Waals surface area contributed by atoms with Crippen LogP contribution in [-0.4, -0.2) is 41.6 Å². The molecule has 2 aromatic rings. The average Bonchev–Trinajstić information content (AvgIpc) is 2.46. The van der Waals surface area contributed by atoms with Crippen molar-refractivity contribution >= 4 is 28.5 Å². The Morgan fingerprint density at radius 2 is 2.05 bits per heavy atom. The summed E-state index contributed by atoms with van der Waals surface area (Å²) in [6.45, 7) is 4.17. The van der Waals surface area contributed by atoms with Crippen LogP contribution in [-0.2, 0) is 4.74 Å². The third kappa shape index (κ3) is 2.38. The summed E-state index contributed by atoms with van der Waals surface area (Å²) in [4.78, 5) is 11.6. The van der Waals surface area contributed by atoms with Crippen LogP contribution < -0.4 is 4.90 Å². The zero-order chi connectivity index (χ0) is 13.2. The smallest absolute Gasteiger partial charge is 0.151 e. The van der Waals surface area contributed by atoms with Gasteiger partial charge < -0.3 is 9.64 Å². The fraction of sp³-hybridized carbons (Fsp3) is 0.429. The first-order valence-corrected chi connectivity index (χ1v) is 6.97. The highest BCUT2D eigenvalue weighted by molar-refractivity contribution is 6.18. The molecule has 100 valence electrons. The van der Waals surface area contributed by atoms with Crippen molar-refractivity contribution in [2.24, 2.45) is 0 Å². The lowest BCUT2D eigenvalue weighted by Gasteiger charge is -2.36. The molecule has 1 atom stereocenters. The van der Waals surface area contributed by atoms with Crippen LogP contribution >= 0.6 is 11.6 Å². The van der Waals surface area contributed by atoms with Gasteiger partial charge in [-0.05, 0) is 19.1 Å². The Morgan fingerprint density at radius 1 is 1.32 bits per heavy atom. The van der Waals surface area contributed by atoms with Crippen LogP contribution in [0.15, 0.2) is 24.3 Å². The number of aromatic nitrogens is 2. The number of alkyl halides is 1. The van der Waals surface area contributed by atoms with E-state index in [1.165, 1.54) is 0 Å². The van der Waals surface area contributed by atoms with E-state index in [0.717, 1.165) is 29.1 Å². The molecule has 0 N–H and O–H groups in total. The Labute approximate surface area is 117 Å². The van der Waals surface area contributed by atoms with E-state index in [0.29, 0.717) is 19.1 Å². The normalized spacial score (nSPS) is 19.9. The minimum absolute atomic E-state index is 0.171. The van der Waals surface area contributed by atoms with Gasteiger partial charge in [0.05, 0.1) is 36.0 Å². The van der Waals surface area contributed by atoms with Gasteiger partial charge in [-0.1, -0.05) is 12.1 Å². The largest absolute Gasteiger partial charge is 0.377 e. The van der Waals surface area contributed by atoms with Crippen molar-refractivity contribution in [2.45, 2.75) is 13.0 Å². The number of anilines is 1. The van der Waals surface area contributed by atoms with E-state index in [9.17, 15) is 0 Å². The number of aryl methyl sites for hydroxylation is 1. The van der Waals surface area contributed by atoms with Gasteiger partial charge in [0.25, 0.3) is 0 Å². The monoisotopic (exact) mass is 277 g/mol. The number of halogens is 1. The molecule has 4 nitrogen and oxygen atoms in total. The molecule has 0 aliphatic carbocycles. The third-order valence-electron chi connectivity index (χ3n) is 3.40. The predicted octanol–water partition coefficient (Wildman–Crippen LogP) is 2.38. The predicted molar refractivity (Wildman–Crippen MR) is 76.9 cm³/mol. The van der Waals surface area contributed by atoms with Crippen LogP contribution in [0.4, 0.5) is 5.82 Å². The maximum Gasteiger partial charge on any atom is 0.151 e. The van der Waals surface area contributed by atoms with Gasteiger partial charge in [-0.25, -0.2) is 9.97 Å². The number of morpholine rings is 1. The topological polar surface area (TPSA) is 38.2 Å². The van der Waals surface area contributed by atoms with Gasteiger partial charge in [-0.15, -0.1) is 11.6 Å². The number of benzene rings is 1. The van der Waals surface area contributed by atoms with E-state index >= 15 is 0 Å². The Hall–Kier alpha value is -1.39. The molecule has 0 bridgehead atoms. The molecule has 1 unspecified atom stereocenters. The van der Waals surface area contributed by atoms with Crippen molar-refractivity contribution in [3.63, 3.8) is 0 Å². The van der Waals surface area contributed by atoms with Gasteiger partial charge >= 0.3 is 0 Å². The first-order valence-electron chi connectivity index (χ1n) is 6.43. The standard InChI is InChI=1S/C14H16ClN3O/c1-10-14(18-6-7-19-9-11(18)8-15)17-13-5-3-2-4-12(13)16-10/h2-5,11H,6-9H2,1H3. The summed E-state index contributed by atoms with van der Waals surface area (Å²) in [5, 5.41) is 0. The molecule has 3 rings (SSSR count). The molecule has 0 saturated carbocycles. The third-order valence-corrected chi connectivity index (χ3v) is 3.75. The average molecular weight is 278 g/mol. The molecule has 1 aromatic heterocycles. The number of hydrogen-bond donors (Lipinski definition) is 0. The number of nitrogens with zero attached hydrogens (tertiary/aromatic N) is 3. The molecular formula is C14H16ClN3O. The molecule has 0 radical (unpaired) electrons. The highest BCUT2D eigenvalue weighted by Gasteiger charge is 2.25. The van der Waals surface area contributed by atoms with Crippen molar-refractivity contribution in [2.75, 3.05) is 30.5 Å². The summed E-state index contributed by atoms with van der Waals surface area (Å²) >= 11 is 6.03.